The zero-order valence-electron chi connectivity index (χ0n) is 18.0. The Hall–Kier alpha value is -2.47. The number of benzene rings is 1. The first-order chi connectivity index (χ1) is 15.0. The van der Waals surface area contributed by atoms with Gasteiger partial charge in [-0.3, -0.25) is 4.79 Å². The highest BCUT2D eigenvalue weighted by atomic mass is 35.5. The lowest BCUT2D eigenvalue weighted by molar-refractivity contribution is -0.139. The fraction of sp³-hybridized carbons (Fsp3) is 0.450. The quantitative estimate of drug-likeness (QED) is 0.395. The number of β-amino-alcohol motifs (C(OH)–C–C–N with tert-alkyl or cyclic N) is 1. The number of aliphatic imine (C=N–C) groups is 1. The molecule has 0 unspecified atom stereocenters. The molecule has 1 amide bonds. The number of aliphatic hydroxyl groups is 1. The maximum atomic E-state index is 13.8. The number of guanidine groups is 1. The molecule has 174 valence electrons. The lowest BCUT2D eigenvalue weighted by Crippen LogP contribution is -2.59. The topological polar surface area (TPSA) is 155 Å². The molecule has 1 heterocycles. The molecule has 0 atom stereocenters. The van der Waals surface area contributed by atoms with Gasteiger partial charge in [0, 0.05) is 37.6 Å². The predicted octanol–water partition coefficient (Wildman–Crippen LogP) is 1.18. The number of nitrogens with two attached hydrogens (primary N) is 2. The minimum absolute atomic E-state index is 0.0765. The van der Waals surface area contributed by atoms with E-state index in [4.69, 9.17) is 23.1 Å². The number of aromatic nitrogens is 1. The smallest absolute Gasteiger partial charge is 0.244 e. The number of rotatable bonds is 7. The lowest BCUT2D eigenvalue weighted by atomic mass is 9.95. The molecule has 0 bridgehead atoms. The number of carbonyl (C=O) groups excluding carboxylic acids is 1. The molecule has 5 N–H and O–H groups in total. The van der Waals surface area contributed by atoms with E-state index in [1.807, 2.05) is 0 Å². The summed E-state index contributed by atoms with van der Waals surface area (Å²) in [5.74, 6) is -0.424. The van der Waals surface area contributed by atoms with Gasteiger partial charge in [0.1, 0.15) is 5.54 Å². The second kappa shape index (κ2) is 9.18. The number of likely N-dealkylation sites (N-methyl/N-ethyl adjacent to an activating group) is 1. The van der Waals surface area contributed by atoms with E-state index in [2.05, 4.69) is 9.98 Å². The fourth-order valence-corrected chi connectivity index (χ4v) is 6.29. The standard InChI is InChI=1S/C20H27ClN6O4S/c1-26(2)18(29)20(7-3-4-8-20)27(9-10-28)32(30,31)13-5-6-14-15(11-13)17(25-19(22)23)24-12-16(14)21/h5-6,11-12,28H,3-4,7-10H2,1-2H3,(H4,22,23,24,25). The predicted molar refractivity (Wildman–Crippen MR) is 123 cm³/mol. The molecule has 1 fully saturated rings. The van der Waals surface area contributed by atoms with Crippen molar-refractivity contribution in [3.63, 3.8) is 0 Å². The Balaban J connectivity index is 2.21. The monoisotopic (exact) mass is 482 g/mol. The Kier molecular flexibility index (Phi) is 6.94. The van der Waals surface area contributed by atoms with Crippen LogP contribution in [0.4, 0.5) is 5.82 Å². The van der Waals surface area contributed by atoms with Gasteiger partial charge in [-0.25, -0.2) is 13.4 Å². The maximum absolute atomic E-state index is 13.8. The third kappa shape index (κ3) is 4.25. The summed E-state index contributed by atoms with van der Waals surface area (Å²) in [6.45, 7) is -0.642. The third-order valence-electron chi connectivity index (χ3n) is 5.63. The molecule has 0 aliphatic heterocycles. The van der Waals surface area contributed by atoms with Crippen LogP contribution in [0, 0.1) is 0 Å². The maximum Gasteiger partial charge on any atom is 0.244 e. The number of sulfonamides is 1. The molecule has 10 nitrogen and oxygen atoms in total. The highest BCUT2D eigenvalue weighted by Gasteiger charge is 2.51. The van der Waals surface area contributed by atoms with Crippen molar-refractivity contribution in [2.75, 3.05) is 27.2 Å². The van der Waals surface area contributed by atoms with E-state index in [0.29, 0.717) is 41.5 Å². The highest BCUT2D eigenvalue weighted by Crippen LogP contribution is 2.41. The average Bonchev–Trinajstić information content (AvgIpc) is 3.23. The summed E-state index contributed by atoms with van der Waals surface area (Å²) in [4.78, 5) is 22.6. The van der Waals surface area contributed by atoms with Gasteiger partial charge in [0.05, 0.1) is 16.5 Å². The first-order valence-electron chi connectivity index (χ1n) is 10.1. The number of hydrogen-bond acceptors (Lipinski definition) is 6. The second-order valence-corrected chi connectivity index (χ2v) is 10.2. The van der Waals surface area contributed by atoms with E-state index in [1.165, 1.54) is 23.2 Å². The molecule has 2 aromatic rings. The lowest BCUT2D eigenvalue weighted by Gasteiger charge is -2.40. The first-order valence-corrected chi connectivity index (χ1v) is 11.9. The van der Waals surface area contributed by atoms with Crippen LogP contribution >= 0.6 is 11.6 Å². The van der Waals surface area contributed by atoms with E-state index in [0.717, 1.165) is 4.31 Å². The van der Waals surface area contributed by atoms with E-state index in [-0.39, 0.29) is 29.1 Å². The SMILES string of the molecule is CN(C)C(=O)C1(N(CCO)S(=O)(=O)c2ccc3c(Cl)cnc(N=C(N)N)c3c2)CCCC1. The molecule has 32 heavy (non-hydrogen) atoms. The molecule has 1 aliphatic rings. The summed E-state index contributed by atoms with van der Waals surface area (Å²) in [6.07, 6.45) is 3.56. The normalized spacial score (nSPS) is 15.8. The van der Waals surface area contributed by atoms with Crippen LogP contribution in [-0.2, 0) is 14.8 Å². The van der Waals surface area contributed by atoms with Gasteiger partial charge < -0.3 is 21.5 Å². The molecule has 1 saturated carbocycles. The number of fused-ring (bicyclic) bond motifs is 1. The Morgan fingerprint density at radius 2 is 1.91 bits per heavy atom. The van der Waals surface area contributed by atoms with E-state index < -0.39 is 22.2 Å². The number of amides is 1. The van der Waals surface area contributed by atoms with E-state index in [1.54, 1.807) is 20.2 Å². The van der Waals surface area contributed by atoms with E-state index >= 15 is 0 Å². The van der Waals surface area contributed by atoms with Gasteiger partial charge in [-0.2, -0.15) is 9.30 Å². The van der Waals surface area contributed by atoms with Gasteiger partial charge in [-0.15, -0.1) is 0 Å². The molecular weight excluding hydrogens is 456 g/mol. The van der Waals surface area contributed by atoms with Crippen molar-refractivity contribution < 1.29 is 18.3 Å². The average molecular weight is 483 g/mol. The highest BCUT2D eigenvalue weighted by molar-refractivity contribution is 7.89. The summed E-state index contributed by atoms with van der Waals surface area (Å²) in [7, 11) is -1.000. The number of hydrogen-bond donors (Lipinski definition) is 3. The molecule has 0 spiro atoms. The summed E-state index contributed by atoms with van der Waals surface area (Å²) >= 11 is 6.23. The van der Waals surface area contributed by atoms with Crippen LogP contribution in [0.1, 0.15) is 25.7 Å². The minimum atomic E-state index is -4.19. The van der Waals surface area contributed by atoms with Crippen molar-refractivity contribution in [1.82, 2.24) is 14.2 Å². The van der Waals surface area contributed by atoms with Crippen LogP contribution in [0.25, 0.3) is 10.8 Å². The van der Waals surface area contributed by atoms with Crippen LogP contribution in [0.2, 0.25) is 5.02 Å². The number of nitrogens with zero attached hydrogens (tertiary/aromatic N) is 4. The summed E-state index contributed by atoms with van der Waals surface area (Å²) in [6, 6.07) is 4.35. The van der Waals surface area contributed by atoms with Gasteiger partial charge in [0.25, 0.3) is 0 Å². The number of carbonyl (C=O) groups is 1. The molecule has 0 radical (unpaired) electrons. The summed E-state index contributed by atoms with van der Waals surface area (Å²) < 4.78 is 28.8. The van der Waals surface area contributed by atoms with Gasteiger partial charge in [-0.05, 0) is 25.0 Å². The fourth-order valence-electron chi connectivity index (χ4n) is 4.27. The Morgan fingerprint density at radius 1 is 1.25 bits per heavy atom. The van der Waals surface area contributed by atoms with Gasteiger partial charge in [0.2, 0.25) is 15.9 Å². The van der Waals surface area contributed by atoms with Crippen LogP contribution in [0.3, 0.4) is 0 Å². The van der Waals surface area contributed by atoms with Crippen LogP contribution < -0.4 is 11.5 Å². The van der Waals surface area contributed by atoms with Crippen molar-refractivity contribution in [2.45, 2.75) is 36.1 Å². The van der Waals surface area contributed by atoms with Crippen LogP contribution in [-0.4, -0.2) is 72.4 Å². The molecule has 1 aliphatic carbocycles. The molecule has 0 saturated heterocycles. The minimum Gasteiger partial charge on any atom is -0.395 e. The Labute approximate surface area is 191 Å². The van der Waals surface area contributed by atoms with Crippen molar-refractivity contribution in [1.29, 1.82) is 0 Å². The number of halogens is 1. The van der Waals surface area contributed by atoms with Gasteiger partial charge in [-0.1, -0.05) is 30.5 Å². The number of aliphatic hydroxyl groups excluding tert-OH is 1. The zero-order chi connectivity index (χ0) is 23.7. The molecule has 1 aromatic heterocycles. The van der Waals surface area contributed by atoms with Gasteiger partial charge >= 0.3 is 0 Å². The Morgan fingerprint density at radius 3 is 2.47 bits per heavy atom. The second-order valence-electron chi connectivity index (χ2n) is 7.91. The molecular formula is C20H27ClN6O4S. The molecule has 1 aromatic carbocycles. The van der Waals surface area contributed by atoms with Crippen molar-refractivity contribution in [3.05, 3.63) is 29.4 Å². The molecule has 3 rings (SSSR count). The van der Waals surface area contributed by atoms with Crippen LogP contribution in [0.15, 0.2) is 34.3 Å². The zero-order valence-corrected chi connectivity index (χ0v) is 19.5. The Bertz CT molecular complexity index is 1160. The third-order valence-corrected chi connectivity index (χ3v) is 7.89. The first kappa shape index (κ1) is 24.2. The summed E-state index contributed by atoms with van der Waals surface area (Å²) in [5.41, 5.74) is 9.72. The largest absolute Gasteiger partial charge is 0.395 e. The van der Waals surface area contributed by atoms with Crippen molar-refractivity contribution in [3.8, 4) is 0 Å². The van der Waals surface area contributed by atoms with Crippen molar-refractivity contribution in [2.24, 2.45) is 16.5 Å². The number of pyridine rings is 1. The van der Waals surface area contributed by atoms with Crippen LogP contribution in [0.5, 0.6) is 0 Å². The molecule has 12 heteroatoms. The summed E-state index contributed by atoms with van der Waals surface area (Å²) in [5, 5.41) is 10.9. The van der Waals surface area contributed by atoms with Crippen molar-refractivity contribution >= 4 is 50.1 Å². The van der Waals surface area contributed by atoms with Gasteiger partial charge in [0.15, 0.2) is 11.8 Å². The van der Waals surface area contributed by atoms with E-state index in [9.17, 15) is 18.3 Å².